The molecule has 0 saturated heterocycles. The van der Waals surface area contributed by atoms with Gasteiger partial charge in [-0.05, 0) is 43.6 Å². The van der Waals surface area contributed by atoms with Crippen LogP contribution in [0.2, 0.25) is 0 Å². The second-order valence-corrected chi connectivity index (χ2v) is 6.02. The van der Waals surface area contributed by atoms with Gasteiger partial charge in [-0.15, -0.1) is 0 Å². The summed E-state index contributed by atoms with van der Waals surface area (Å²) in [6.45, 7) is 2.24. The minimum Gasteiger partial charge on any atom is -0.294 e. The van der Waals surface area contributed by atoms with E-state index >= 15 is 0 Å². The first kappa shape index (κ1) is 12.0. The van der Waals surface area contributed by atoms with Gasteiger partial charge in [0.15, 0.2) is 5.78 Å². The van der Waals surface area contributed by atoms with Gasteiger partial charge in [-0.2, -0.15) is 0 Å². The molecule has 0 N–H and O–H groups in total. The van der Waals surface area contributed by atoms with Crippen LogP contribution in [0.3, 0.4) is 0 Å². The number of carbonyl (C=O) groups excluding carboxylic acids is 1. The number of hydrogen-bond donors (Lipinski definition) is 0. The standard InChI is InChI=1S/C17H22O/c1-2-6-14-8-5-11-17(14)12-10-13-7-3-4-9-15(13)16(17)18/h3-4,7,9,14H,2,5-6,8,10-12H2,1H3/t14-,17-/m1/s1. The maximum absolute atomic E-state index is 12.9. The van der Waals surface area contributed by atoms with Crippen LogP contribution in [0.15, 0.2) is 24.3 Å². The number of rotatable bonds is 2. The largest absolute Gasteiger partial charge is 0.294 e. The lowest BCUT2D eigenvalue weighted by molar-refractivity contribution is 0.0659. The third-order valence-electron chi connectivity index (χ3n) is 5.15. The number of ketones is 1. The summed E-state index contributed by atoms with van der Waals surface area (Å²) >= 11 is 0. The Morgan fingerprint density at radius 2 is 2.11 bits per heavy atom. The van der Waals surface area contributed by atoms with Gasteiger partial charge < -0.3 is 0 Å². The molecule has 0 aliphatic heterocycles. The molecule has 1 aromatic rings. The lowest BCUT2D eigenvalue weighted by Gasteiger charge is -2.38. The van der Waals surface area contributed by atoms with Gasteiger partial charge in [-0.1, -0.05) is 44.0 Å². The van der Waals surface area contributed by atoms with E-state index in [-0.39, 0.29) is 5.41 Å². The lowest BCUT2D eigenvalue weighted by atomic mass is 9.64. The Morgan fingerprint density at radius 1 is 1.28 bits per heavy atom. The zero-order valence-corrected chi connectivity index (χ0v) is 11.2. The van der Waals surface area contributed by atoms with Gasteiger partial charge in [0.25, 0.3) is 0 Å². The Balaban J connectivity index is 1.98. The summed E-state index contributed by atoms with van der Waals surface area (Å²) in [5, 5.41) is 0. The molecule has 2 aliphatic carbocycles. The van der Waals surface area contributed by atoms with Crippen LogP contribution in [0.25, 0.3) is 0 Å². The monoisotopic (exact) mass is 242 g/mol. The van der Waals surface area contributed by atoms with E-state index in [2.05, 4.69) is 19.1 Å². The molecular weight excluding hydrogens is 220 g/mol. The van der Waals surface area contributed by atoms with E-state index in [0.717, 1.165) is 24.8 Å². The van der Waals surface area contributed by atoms with Crippen molar-refractivity contribution in [3.63, 3.8) is 0 Å². The summed E-state index contributed by atoms with van der Waals surface area (Å²) in [5.74, 6) is 1.10. The summed E-state index contributed by atoms with van der Waals surface area (Å²) in [7, 11) is 0. The average molecular weight is 242 g/mol. The number of benzene rings is 1. The van der Waals surface area contributed by atoms with Gasteiger partial charge in [0.2, 0.25) is 0 Å². The molecule has 0 heterocycles. The first-order valence-corrected chi connectivity index (χ1v) is 7.40. The van der Waals surface area contributed by atoms with E-state index < -0.39 is 0 Å². The molecule has 96 valence electrons. The summed E-state index contributed by atoms with van der Waals surface area (Å²) < 4.78 is 0. The van der Waals surface area contributed by atoms with E-state index in [1.165, 1.54) is 31.2 Å². The molecule has 1 saturated carbocycles. The zero-order valence-electron chi connectivity index (χ0n) is 11.2. The lowest BCUT2D eigenvalue weighted by Crippen LogP contribution is -2.39. The van der Waals surface area contributed by atoms with Crippen LogP contribution >= 0.6 is 0 Å². The molecule has 1 nitrogen and oxygen atoms in total. The number of aryl methyl sites for hydroxylation is 1. The van der Waals surface area contributed by atoms with E-state index in [1.807, 2.05) is 12.1 Å². The van der Waals surface area contributed by atoms with Gasteiger partial charge in [0.05, 0.1) is 0 Å². The quantitative estimate of drug-likeness (QED) is 0.751. The van der Waals surface area contributed by atoms with Gasteiger partial charge >= 0.3 is 0 Å². The van der Waals surface area contributed by atoms with Crippen LogP contribution in [-0.2, 0) is 6.42 Å². The molecule has 0 aromatic heterocycles. The fraction of sp³-hybridized carbons (Fsp3) is 0.588. The molecule has 0 radical (unpaired) electrons. The minimum absolute atomic E-state index is 0.00433. The Kier molecular flexibility index (Phi) is 3.01. The van der Waals surface area contributed by atoms with Gasteiger partial charge in [0, 0.05) is 11.0 Å². The highest BCUT2D eigenvalue weighted by molar-refractivity contribution is 6.03. The van der Waals surface area contributed by atoms with Crippen molar-refractivity contribution < 1.29 is 4.79 Å². The summed E-state index contributed by atoms with van der Waals surface area (Å²) in [6, 6.07) is 8.24. The van der Waals surface area contributed by atoms with Crippen LogP contribution < -0.4 is 0 Å². The molecule has 0 unspecified atom stereocenters. The second-order valence-electron chi connectivity index (χ2n) is 6.02. The fourth-order valence-electron chi connectivity index (χ4n) is 4.24. The van der Waals surface area contributed by atoms with Crippen molar-refractivity contribution in [1.29, 1.82) is 0 Å². The molecule has 0 bridgehead atoms. The summed E-state index contributed by atoms with van der Waals surface area (Å²) in [6.07, 6.45) is 8.27. The van der Waals surface area contributed by atoms with Crippen LogP contribution in [0, 0.1) is 11.3 Å². The average Bonchev–Trinajstić information content (AvgIpc) is 2.79. The molecule has 1 spiro atoms. The van der Waals surface area contributed by atoms with Crippen molar-refractivity contribution in [1.82, 2.24) is 0 Å². The van der Waals surface area contributed by atoms with Crippen LogP contribution in [0.1, 0.15) is 61.4 Å². The van der Waals surface area contributed by atoms with Crippen molar-refractivity contribution in [3.8, 4) is 0 Å². The molecule has 1 aromatic carbocycles. The molecule has 18 heavy (non-hydrogen) atoms. The first-order valence-electron chi connectivity index (χ1n) is 7.40. The summed E-state index contributed by atoms with van der Waals surface area (Å²) in [4.78, 5) is 12.9. The number of carbonyl (C=O) groups is 1. The van der Waals surface area contributed by atoms with E-state index in [0.29, 0.717) is 11.7 Å². The topological polar surface area (TPSA) is 17.1 Å². The second kappa shape index (κ2) is 4.53. The SMILES string of the molecule is CCC[C@@H]1CCC[C@@]12CCc1ccccc1C2=O. The smallest absolute Gasteiger partial charge is 0.169 e. The van der Waals surface area contributed by atoms with Crippen molar-refractivity contribution in [2.24, 2.45) is 11.3 Å². The third kappa shape index (κ3) is 1.64. The Labute approximate surface area is 110 Å². The maximum Gasteiger partial charge on any atom is 0.169 e. The van der Waals surface area contributed by atoms with Gasteiger partial charge in [-0.3, -0.25) is 4.79 Å². The Bertz CT molecular complexity index is 462. The van der Waals surface area contributed by atoms with Crippen LogP contribution in [0.4, 0.5) is 0 Å². The number of Topliss-reactive ketones (excluding diaryl/α,β-unsaturated/α-hetero) is 1. The zero-order chi connectivity index (χ0) is 12.6. The highest BCUT2D eigenvalue weighted by Crippen LogP contribution is 2.52. The van der Waals surface area contributed by atoms with Crippen molar-refractivity contribution >= 4 is 5.78 Å². The third-order valence-corrected chi connectivity index (χ3v) is 5.15. The van der Waals surface area contributed by atoms with Crippen molar-refractivity contribution in [2.45, 2.75) is 51.9 Å². The van der Waals surface area contributed by atoms with Crippen molar-refractivity contribution in [3.05, 3.63) is 35.4 Å². The molecule has 2 aliphatic rings. The number of fused-ring (bicyclic) bond motifs is 1. The normalized spacial score (nSPS) is 30.7. The maximum atomic E-state index is 12.9. The molecular formula is C17H22O. The number of hydrogen-bond acceptors (Lipinski definition) is 1. The molecule has 1 heteroatoms. The van der Waals surface area contributed by atoms with Gasteiger partial charge in [-0.25, -0.2) is 0 Å². The summed E-state index contributed by atoms with van der Waals surface area (Å²) in [5.41, 5.74) is 2.30. The fourth-order valence-corrected chi connectivity index (χ4v) is 4.24. The molecule has 2 atom stereocenters. The molecule has 1 fully saturated rings. The van der Waals surface area contributed by atoms with Crippen LogP contribution in [-0.4, -0.2) is 5.78 Å². The highest BCUT2D eigenvalue weighted by Gasteiger charge is 2.49. The Hall–Kier alpha value is -1.11. The first-order chi connectivity index (χ1) is 8.78. The van der Waals surface area contributed by atoms with Crippen molar-refractivity contribution in [2.75, 3.05) is 0 Å². The molecule has 3 rings (SSSR count). The Morgan fingerprint density at radius 3 is 2.94 bits per heavy atom. The van der Waals surface area contributed by atoms with E-state index in [1.54, 1.807) is 0 Å². The predicted molar refractivity (Wildman–Crippen MR) is 73.8 cm³/mol. The molecule has 0 amide bonds. The van der Waals surface area contributed by atoms with Crippen LogP contribution in [0.5, 0.6) is 0 Å². The van der Waals surface area contributed by atoms with E-state index in [4.69, 9.17) is 0 Å². The van der Waals surface area contributed by atoms with Gasteiger partial charge in [0.1, 0.15) is 0 Å². The minimum atomic E-state index is 0.00433. The van der Waals surface area contributed by atoms with E-state index in [9.17, 15) is 4.79 Å². The predicted octanol–water partition coefficient (Wildman–Crippen LogP) is 4.40. The highest BCUT2D eigenvalue weighted by atomic mass is 16.1.